The van der Waals surface area contributed by atoms with Crippen molar-refractivity contribution < 1.29 is 28.3 Å². The number of hydrogen-bond acceptors (Lipinski definition) is 7. The van der Waals surface area contributed by atoms with Crippen LogP contribution in [0.3, 0.4) is 0 Å². The number of nitrogens with one attached hydrogen (secondary N) is 1. The summed E-state index contributed by atoms with van der Waals surface area (Å²) in [4.78, 5) is 24.7. The fourth-order valence-corrected chi connectivity index (χ4v) is 4.42. The van der Waals surface area contributed by atoms with Crippen molar-refractivity contribution in [3.05, 3.63) is 95.7 Å². The number of aromatic nitrogens is 1. The van der Waals surface area contributed by atoms with Crippen molar-refractivity contribution in [1.29, 1.82) is 0 Å². The molecule has 8 nitrogen and oxygen atoms in total. The van der Waals surface area contributed by atoms with Crippen molar-refractivity contribution in [1.82, 2.24) is 5.16 Å². The zero-order valence-electron chi connectivity index (χ0n) is 21.9. The highest BCUT2D eigenvalue weighted by molar-refractivity contribution is 5.90. The quantitative estimate of drug-likeness (QED) is 0.226. The van der Waals surface area contributed by atoms with Crippen LogP contribution in [0.5, 0.6) is 11.5 Å². The van der Waals surface area contributed by atoms with Crippen molar-refractivity contribution in [3.8, 4) is 22.8 Å². The van der Waals surface area contributed by atoms with Crippen LogP contribution in [0, 0.1) is 6.92 Å². The molecule has 1 aromatic heterocycles. The molecule has 0 aliphatic heterocycles. The summed E-state index contributed by atoms with van der Waals surface area (Å²) < 4.78 is 22.1. The normalized spacial score (nSPS) is 13.4. The van der Waals surface area contributed by atoms with E-state index in [4.69, 9.17) is 18.7 Å². The van der Waals surface area contributed by atoms with Gasteiger partial charge in [-0.2, -0.15) is 0 Å². The molecular formula is C31H30N2O6. The van der Waals surface area contributed by atoms with Gasteiger partial charge in [-0.1, -0.05) is 47.6 Å². The third-order valence-electron chi connectivity index (χ3n) is 6.73. The zero-order valence-corrected chi connectivity index (χ0v) is 21.9. The van der Waals surface area contributed by atoms with Crippen LogP contribution < -0.4 is 10.1 Å². The Bertz CT molecular complexity index is 1420. The summed E-state index contributed by atoms with van der Waals surface area (Å²) in [6.45, 7) is 4.20. The van der Waals surface area contributed by atoms with Gasteiger partial charge in [0.1, 0.15) is 22.9 Å². The minimum Gasteiger partial charge on any atom is -0.465 e. The van der Waals surface area contributed by atoms with Gasteiger partial charge in [-0.25, -0.2) is 4.79 Å². The molecule has 0 spiro atoms. The van der Waals surface area contributed by atoms with Gasteiger partial charge in [-0.3, -0.25) is 10.1 Å². The number of benzene rings is 3. The number of anilines is 1. The van der Waals surface area contributed by atoms with Gasteiger partial charge in [-0.15, -0.1) is 0 Å². The molecule has 0 saturated heterocycles. The summed E-state index contributed by atoms with van der Waals surface area (Å²) in [5.41, 5.74) is 3.26. The summed E-state index contributed by atoms with van der Waals surface area (Å²) in [5, 5.41) is 6.77. The van der Waals surface area contributed by atoms with E-state index < -0.39 is 11.5 Å². The number of hydrogen-bond donors (Lipinski definition) is 1. The number of carbonyl (C=O) groups is 2. The largest absolute Gasteiger partial charge is 0.465 e. The minimum absolute atomic E-state index is 0.161. The molecule has 1 amide bonds. The number of amides is 1. The van der Waals surface area contributed by atoms with Crippen molar-refractivity contribution in [2.24, 2.45) is 0 Å². The molecule has 39 heavy (non-hydrogen) atoms. The van der Waals surface area contributed by atoms with Crippen molar-refractivity contribution in [2.45, 2.75) is 38.5 Å². The molecule has 1 heterocycles. The highest BCUT2D eigenvalue weighted by Crippen LogP contribution is 2.49. The standard InChI is InChI=1S/C31H30N2O6/c1-3-36-29(34)31(18-19-31)24-11-15-26(16-12-24)38-25-13-9-23(10-14-25)28-27(21(2)33-39-28)32-30(35)37-20-17-22-7-5-4-6-8-22/h4-16H,3,17-20H2,1-2H3,(H,32,35). The summed E-state index contributed by atoms with van der Waals surface area (Å²) in [6, 6.07) is 24.6. The highest BCUT2D eigenvalue weighted by Gasteiger charge is 2.52. The third-order valence-corrected chi connectivity index (χ3v) is 6.73. The van der Waals surface area contributed by atoms with Gasteiger partial charge in [0.25, 0.3) is 0 Å². The van der Waals surface area contributed by atoms with Crippen LogP contribution in [0.15, 0.2) is 83.4 Å². The summed E-state index contributed by atoms with van der Waals surface area (Å²) in [6.07, 6.45) is 1.66. The van der Waals surface area contributed by atoms with Gasteiger partial charge in [0.2, 0.25) is 0 Å². The summed E-state index contributed by atoms with van der Waals surface area (Å²) in [5.74, 6) is 1.55. The van der Waals surface area contributed by atoms with Crippen molar-refractivity contribution in [2.75, 3.05) is 18.5 Å². The van der Waals surface area contributed by atoms with E-state index in [1.807, 2.05) is 85.8 Å². The SMILES string of the molecule is CCOC(=O)C1(c2ccc(Oc3ccc(-c4onc(C)c4NC(=O)OCCc4ccccc4)cc3)cc2)CC1. The molecular weight excluding hydrogens is 496 g/mol. The number of nitrogens with zero attached hydrogens (tertiary/aromatic N) is 1. The molecule has 5 rings (SSSR count). The lowest BCUT2D eigenvalue weighted by atomic mass is 9.96. The van der Waals surface area contributed by atoms with Gasteiger partial charge in [-0.05, 0) is 74.2 Å². The molecule has 8 heteroatoms. The lowest BCUT2D eigenvalue weighted by Gasteiger charge is -2.15. The maximum Gasteiger partial charge on any atom is 0.411 e. The molecule has 0 radical (unpaired) electrons. The average Bonchev–Trinajstić information content (AvgIpc) is 3.69. The Labute approximate surface area is 226 Å². The monoisotopic (exact) mass is 526 g/mol. The van der Waals surface area contributed by atoms with Crippen molar-refractivity contribution >= 4 is 17.7 Å². The summed E-state index contributed by atoms with van der Waals surface area (Å²) in [7, 11) is 0. The van der Waals surface area contributed by atoms with Crippen LogP contribution in [-0.2, 0) is 26.1 Å². The average molecular weight is 527 g/mol. The van der Waals surface area contributed by atoms with E-state index in [2.05, 4.69) is 10.5 Å². The van der Waals surface area contributed by atoms with Gasteiger partial charge < -0.3 is 18.7 Å². The predicted octanol–water partition coefficient (Wildman–Crippen LogP) is 6.83. The Morgan fingerprint density at radius 2 is 1.59 bits per heavy atom. The van der Waals surface area contributed by atoms with E-state index >= 15 is 0 Å². The van der Waals surface area contributed by atoms with E-state index in [0.717, 1.165) is 29.5 Å². The van der Waals surface area contributed by atoms with Crippen LogP contribution in [0.25, 0.3) is 11.3 Å². The first kappa shape index (κ1) is 26.0. The van der Waals surface area contributed by atoms with Crippen molar-refractivity contribution in [3.63, 3.8) is 0 Å². The van der Waals surface area contributed by atoms with E-state index in [9.17, 15) is 9.59 Å². The molecule has 0 bridgehead atoms. The predicted molar refractivity (Wildman–Crippen MR) is 146 cm³/mol. The Balaban J connectivity index is 1.19. The van der Waals surface area contributed by atoms with E-state index in [1.165, 1.54) is 0 Å². The third kappa shape index (κ3) is 5.95. The van der Waals surface area contributed by atoms with Gasteiger partial charge in [0.15, 0.2) is 5.76 Å². The molecule has 1 aliphatic rings. The zero-order chi connectivity index (χ0) is 27.2. The molecule has 0 unspecified atom stereocenters. The second-order valence-electron chi connectivity index (χ2n) is 9.42. The van der Waals surface area contributed by atoms with E-state index in [-0.39, 0.29) is 12.6 Å². The first-order chi connectivity index (χ1) is 19.0. The van der Waals surface area contributed by atoms with E-state index in [0.29, 0.717) is 41.7 Å². The van der Waals surface area contributed by atoms with Gasteiger partial charge in [0.05, 0.1) is 18.6 Å². The number of carbonyl (C=O) groups excluding carboxylic acids is 2. The van der Waals surface area contributed by atoms with Crippen LogP contribution >= 0.6 is 0 Å². The number of esters is 1. The number of rotatable bonds is 10. The fraction of sp³-hybridized carbons (Fsp3) is 0.258. The van der Waals surface area contributed by atoms with Gasteiger partial charge in [0, 0.05) is 12.0 Å². The van der Waals surface area contributed by atoms with Gasteiger partial charge >= 0.3 is 12.1 Å². The lowest BCUT2D eigenvalue weighted by Crippen LogP contribution is -2.23. The molecule has 1 saturated carbocycles. The van der Waals surface area contributed by atoms with Crippen LogP contribution in [-0.4, -0.2) is 30.4 Å². The highest BCUT2D eigenvalue weighted by atomic mass is 16.5. The topological polar surface area (TPSA) is 99.9 Å². The summed E-state index contributed by atoms with van der Waals surface area (Å²) >= 11 is 0. The Morgan fingerprint density at radius 3 is 2.23 bits per heavy atom. The molecule has 1 N–H and O–H groups in total. The smallest absolute Gasteiger partial charge is 0.411 e. The Kier molecular flexibility index (Phi) is 7.63. The van der Waals surface area contributed by atoms with Crippen LogP contribution in [0.1, 0.15) is 36.6 Å². The molecule has 1 aliphatic carbocycles. The van der Waals surface area contributed by atoms with E-state index in [1.54, 1.807) is 6.92 Å². The molecule has 0 atom stereocenters. The first-order valence-corrected chi connectivity index (χ1v) is 13.0. The Hall–Kier alpha value is -4.59. The second-order valence-corrected chi connectivity index (χ2v) is 9.42. The van der Waals surface area contributed by atoms with Crippen LogP contribution in [0.4, 0.5) is 10.5 Å². The maximum absolute atomic E-state index is 12.4. The fourth-order valence-electron chi connectivity index (χ4n) is 4.42. The Morgan fingerprint density at radius 1 is 0.923 bits per heavy atom. The first-order valence-electron chi connectivity index (χ1n) is 13.0. The number of ether oxygens (including phenoxy) is 3. The molecule has 4 aromatic rings. The molecule has 200 valence electrons. The maximum atomic E-state index is 12.4. The second kappa shape index (κ2) is 11.4. The molecule has 3 aromatic carbocycles. The molecule has 1 fully saturated rings. The minimum atomic E-state index is -0.571. The number of aryl methyl sites for hydroxylation is 1. The lowest BCUT2D eigenvalue weighted by molar-refractivity contribution is -0.146. The van der Waals surface area contributed by atoms with Crippen LogP contribution in [0.2, 0.25) is 0 Å².